The number of carbonyl (C=O) groups is 1. The molecule has 0 spiro atoms. The Morgan fingerprint density at radius 2 is 2.10 bits per heavy atom. The van der Waals surface area contributed by atoms with E-state index in [9.17, 15) is 4.79 Å². The Labute approximate surface area is 185 Å². The number of nitrogens with one attached hydrogen (secondary N) is 1. The Balaban J connectivity index is 1.42. The van der Waals surface area contributed by atoms with Crippen molar-refractivity contribution in [1.82, 2.24) is 15.2 Å². The van der Waals surface area contributed by atoms with Crippen LogP contribution in [0.2, 0.25) is 5.02 Å². The highest BCUT2D eigenvalue weighted by Crippen LogP contribution is 2.27. The lowest BCUT2D eigenvalue weighted by Crippen LogP contribution is -2.18. The molecule has 1 heterocycles. The highest BCUT2D eigenvalue weighted by molar-refractivity contribution is 6.33. The van der Waals surface area contributed by atoms with Gasteiger partial charge >= 0.3 is 0 Å². The van der Waals surface area contributed by atoms with Crippen LogP contribution in [0, 0.1) is 0 Å². The summed E-state index contributed by atoms with van der Waals surface area (Å²) in [5.41, 5.74) is 7.02. The van der Waals surface area contributed by atoms with Crippen LogP contribution in [-0.4, -0.2) is 29.0 Å². The van der Waals surface area contributed by atoms with Gasteiger partial charge in [0.2, 0.25) is 0 Å². The number of aromatic nitrogens is 2. The smallest absolute Gasteiger partial charge is 0.293 e. The fourth-order valence-electron chi connectivity index (χ4n) is 3.62. The van der Waals surface area contributed by atoms with E-state index in [-0.39, 0.29) is 10.7 Å². The minimum atomic E-state index is -0.476. The monoisotopic (exact) mass is 438 g/mol. The molecule has 0 fully saturated rings. The average Bonchev–Trinajstić information content (AvgIpc) is 3.37. The van der Waals surface area contributed by atoms with Crippen molar-refractivity contribution in [2.45, 2.75) is 25.9 Å². The number of ether oxygens (including phenoxy) is 2. The van der Waals surface area contributed by atoms with Gasteiger partial charge in [-0.1, -0.05) is 17.7 Å². The zero-order valence-electron chi connectivity index (χ0n) is 17.4. The molecule has 1 aromatic heterocycles. The first kappa shape index (κ1) is 20.9. The molecular weight excluding hydrogens is 416 g/mol. The Bertz CT molecular complexity index is 1140. The number of hydrazone groups is 1. The summed E-state index contributed by atoms with van der Waals surface area (Å²) in [5.74, 6) is 1.10. The van der Waals surface area contributed by atoms with E-state index >= 15 is 0 Å². The molecule has 0 atom stereocenters. The largest absolute Gasteiger partial charge is 0.496 e. The lowest BCUT2D eigenvalue weighted by atomic mass is 10.1. The van der Waals surface area contributed by atoms with Gasteiger partial charge in [-0.2, -0.15) is 10.2 Å². The molecule has 0 aliphatic heterocycles. The van der Waals surface area contributed by atoms with Crippen molar-refractivity contribution in [2.24, 2.45) is 12.1 Å². The van der Waals surface area contributed by atoms with Crippen LogP contribution >= 0.6 is 11.6 Å². The summed E-state index contributed by atoms with van der Waals surface area (Å²) in [6, 6.07) is 11.9. The standard InChI is InChI=1S/C23H23ClN4O3/c1-28-13-20(24)22(27-28)23(29)26-25-12-15-6-9-21(30-2)18(10-15)14-31-19-8-7-16-4-3-5-17(16)11-19/h6-13H,3-5,14H2,1-2H3,(H,26,29)/b25-12+. The number of hydrogen-bond acceptors (Lipinski definition) is 5. The van der Waals surface area contributed by atoms with E-state index in [2.05, 4.69) is 27.8 Å². The molecule has 1 N–H and O–H groups in total. The summed E-state index contributed by atoms with van der Waals surface area (Å²) in [5, 5.41) is 8.29. The predicted molar refractivity (Wildman–Crippen MR) is 119 cm³/mol. The molecule has 1 amide bonds. The molecule has 0 saturated heterocycles. The van der Waals surface area contributed by atoms with Crippen LogP contribution in [0.3, 0.4) is 0 Å². The highest BCUT2D eigenvalue weighted by atomic mass is 35.5. The maximum absolute atomic E-state index is 12.2. The lowest BCUT2D eigenvalue weighted by Gasteiger charge is -2.12. The quantitative estimate of drug-likeness (QED) is 0.448. The second-order valence-corrected chi connectivity index (χ2v) is 7.75. The Kier molecular flexibility index (Phi) is 6.23. The van der Waals surface area contributed by atoms with E-state index in [4.69, 9.17) is 21.1 Å². The van der Waals surface area contributed by atoms with Gasteiger partial charge in [-0.25, -0.2) is 5.43 Å². The molecule has 1 aliphatic rings. The lowest BCUT2D eigenvalue weighted by molar-refractivity contribution is 0.0949. The first-order valence-corrected chi connectivity index (χ1v) is 10.4. The third kappa shape index (κ3) is 4.88. The van der Waals surface area contributed by atoms with Crippen LogP contribution < -0.4 is 14.9 Å². The number of carbonyl (C=O) groups excluding carboxylic acids is 1. The third-order valence-corrected chi connectivity index (χ3v) is 5.42. The van der Waals surface area contributed by atoms with E-state index in [1.165, 1.54) is 22.2 Å². The van der Waals surface area contributed by atoms with Crippen molar-refractivity contribution in [1.29, 1.82) is 0 Å². The van der Waals surface area contributed by atoms with Gasteiger partial charge in [0.15, 0.2) is 5.69 Å². The Morgan fingerprint density at radius 1 is 1.26 bits per heavy atom. The van der Waals surface area contributed by atoms with E-state index < -0.39 is 5.91 Å². The van der Waals surface area contributed by atoms with Crippen LogP contribution in [-0.2, 0) is 26.5 Å². The number of hydrogen-bond donors (Lipinski definition) is 1. The van der Waals surface area contributed by atoms with Crippen LogP contribution in [0.4, 0.5) is 0 Å². The molecule has 0 saturated carbocycles. The predicted octanol–water partition coefficient (Wildman–Crippen LogP) is 3.91. The summed E-state index contributed by atoms with van der Waals surface area (Å²) in [4.78, 5) is 12.2. The van der Waals surface area contributed by atoms with Crippen LogP contribution in [0.15, 0.2) is 47.7 Å². The van der Waals surface area contributed by atoms with Crippen molar-refractivity contribution in [2.75, 3.05) is 7.11 Å². The Morgan fingerprint density at radius 3 is 2.87 bits per heavy atom. The minimum absolute atomic E-state index is 0.125. The first-order valence-electron chi connectivity index (χ1n) is 9.97. The number of fused-ring (bicyclic) bond motifs is 1. The molecular formula is C23H23ClN4O3. The molecule has 2 aromatic carbocycles. The maximum atomic E-state index is 12.2. The number of aryl methyl sites for hydroxylation is 3. The van der Waals surface area contributed by atoms with Gasteiger partial charge in [-0.15, -0.1) is 0 Å². The molecule has 1 aliphatic carbocycles. The molecule has 3 aromatic rings. The number of amides is 1. The number of nitrogens with zero attached hydrogens (tertiary/aromatic N) is 3. The fraction of sp³-hybridized carbons (Fsp3) is 0.261. The minimum Gasteiger partial charge on any atom is -0.496 e. The zero-order valence-corrected chi connectivity index (χ0v) is 18.1. The van der Waals surface area contributed by atoms with Gasteiger partial charge in [0, 0.05) is 18.8 Å². The number of benzene rings is 2. The normalized spacial score (nSPS) is 12.7. The zero-order chi connectivity index (χ0) is 21.8. The van der Waals surface area contributed by atoms with Gasteiger partial charge in [-0.3, -0.25) is 9.48 Å². The van der Waals surface area contributed by atoms with Crippen LogP contribution in [0.1, 0.15) is 39.2 Å². The molecule has 160 valence electrons. The fourth-order valence-corrected chi connectivity index (χ4v) is 3.89. The van der Waals surface area contributed by atoms with E-state index in [1.54, 1.807) is 26.6 Å². The van der Waals surface area contributed by atoms with Crippen LogP contribution in [0.25, 0.3) is 0 Å². The van der Waals surface area contributed by atoms with Gasteiger partial charge in [0.1, 0.15) is 18.1 Å². The molecule has 7 nitrogen and oxygen atoms in total. The molecule has 0 radical (unpaired) electrons. The van der Waals surface area contributed by atoms with E-state index in [1.807, 2.05) is 24.3 Å². The van der Waals surface area contributed by atoms with Crippen LogP contribution in [0.5, 0.6) is 11.5 Å². The summed E-state index contributed by atoms with van der Waals surface area (Å²) in [6.07, 6.45) is 6.56. The van der Waals surface area contributed by atoms with Crippen molar-refractivity contribution in [3.8, 4) is 11.5 Å². The number of halogens is 1. The molecule has 0 bridgehead atoms. The number of rotatable bonds is 7. The second kappa shape index (κ2) is 9.22. The van der Waals surface area contributed by atoms with Crippen molar-refractivity contribution in [3.05, 3.63) is 75.6 Å². The molecule has 8 heteroatoms. The maximum Gasteiger partial charge on any atom is 0.293 e. The van der Waals surface area contributed by atoms with Crippen molar-refractivity contribution >= 4 is 23.7 Å². The molecule has 31 heavy (non-hydrogen) atoms. The topological polar surface area (TPSA) is 77.7 Å². The summed E-state index contributed by atoms with van der Waals surface area (Å²) in [6.45, 7) is 0.361. The van der Waals surface area contributed by atoms with E-state index in [0.29, 0.717) is 6.61 Å². The summed E-state index contributed by atoms with van der Waals surface area (Å²) in [7, 11) is 3.31. The summed E-state index contributed by atoms with van der Waals surface area (Å²) < 4.78 is 12.9. The average molecular weight is 439 g/mol. The van der Waals surface area contributed by atoms with Gasteiger partial charge in [-0.05, 0) is 66.3 Å². The van der Waals surface area contributed by atoms with Crippen molar-refractivity contribution < 1.29 is 14.3 Å². The summed E-state index contributed by atoms with van der Waals surface area (Å²) >= 11 is 5.98. The van der Waals surface area contributed by atoms with Gasteiger partial charge in [0.05, 0.1) is 18.3 Å². The SMILES string of the molecule is COc1ccc(/C=N/NC(=O)c2nn(C)cc2Cl)cc1COc1ccc2c(c1)CCC2. The molecule has 4 rings (SSSR count). The molecule has 0 unspecified atom stereocenters. The third-order valence-electron chi connectivity index (χ3n) is 5.15. The van der Waals surface area contributed by atoms with Crippen molar-refractivity contribution in [3.63, 3.8) is 0 Å². The number of methoxy groups -OCH3 is 1. The van der Waals surface area contributed by atoms with Gasteiger partial charge < -0.3 is 9.47 Å². The Hall–Kier alpha value is -3.32. The highest BCUT2D eigenvalue weighted by Gasteiger charge is 2.14. The van der Waals surface area contributed by atoms with Gasteiger partial charge in [0.25, 0.3) is 5.91 Å². The second-order valence-electron chi connectivity index (χ2n) is 7.34. The van der Waals surface area contributed by atoms with E-state index in [0.717, 1.165) is 35.5 Å². The first-order chi connectivity index (χ1) is 15.0.